The molecule has 4 saturated carbocycles. The Morgan fingerprint density at radius 1 is 0.697 bits per heavy atom. The Labute approximate surface area is 219 Å². The van der Waals surface area contributed by atoms with Gasteiger partial charge in [0.15, 0.2) is 23.1 Å². The van der Waals surface area contributed by atoms with Crippen LogP contribution in [0, 0.1) is 59.2 Å². The summed E-state index contributed by atoms with van der Waals surface area (Å²) in [6.45, 7) is 5.36. The van der Waals surface area contributed by atoms with Gasteiger partial charge in [-0.3, -0.25) is 19.2 Å². The van der Waals surface area contributed by atoms with Crippen LogP contribution in [0.3, 0.4) is 0 Å². The second-order valence-electron chi connectivity index (χ2n) is 10.7. The van der Waals surface area contributed by atoms with Gasteiger partial charge >= 0.3 is 0 Å². The summed E-state index contributed by atoms with van der Waals surface area (Å²) in [7, 11) is 0. The second-order valence-corrected chi connectivity index (χ2v) is 10.7. The number of rotatable bonds is 0. The minimum atomic E-state index is -0.127. The monoisotopic (exact) mass is 674 g/mol. The zero-order valence-corrected chi connectivity index (χ0v) is 23.7. The number of hydrogen-bond acceptors (Lipinski definition) is 4. The van der Waals surface area contributed by atoms with Crippen molar-refractivity contribution in [3.05, 3.63) is 36.0 Å². The van der Waals surface area contributed by atoms with Crippen LogP contribution in [-0.4, -0.2) is 23.1 Å². The zero-order chi connectivity index (χ0) is 24.0. The van der Waals surface area contributed by atoms with Gasteiger partial charge in [-0.25, -0.2) is 0 Å². The average Bonchev–Trinajstić information content (AvgIpc) is 2.78. The zero-order valence-electron chi connectivity index (χ0n) is 19.4. The molecule has 0 heterocycles. The maximum atomic E-state index is 12.0. The minimum Gasteiger partial charge on any atom is -0.295 e. The molecule has 10 atom stereocenters. The number of carbonyl (C=O) groups is 4. The van der Waals surface area contributed by atoms with Crippen molar-refractivity contribution < 1.29 is 19.2 Å². The molecule has 0 spiro atoms. The molecule has 0 aliphatic heterocycles. The quantitative estimate of drug-likeness (QED) is 0.237. The summed E-state index contributed by atoms with van der Waals surface area (Å²) in [5.41, 5.74) is 0.697. The number of carbonyl (C=O) groups excluding carboxylic acids is 4. The van der Waals surface area contributed by atoms with Gasteiger partial charge in [-0.1, -0.05) is 26.0 Å². The maximum Gasteiger partial charge on any atom is 0.162 e. The highest BCUT2D eigenvalue weighted by molar-refractivity contribution is 15.0. The molecule has 0 aromatic carbocycles. The van der Waals surface area contributed by atoms with Crippen molar-refractivity contribution >= 4 is 60.4 Å². The highest BCUT2D eigenvalue weighted by Gasteiger charge is 2.72. The van der Waals surface area contributed by atoms with E-state index in [1.165, 1.54) is 37.8 Å². The van der Waals surface area contributed by atoms with Gasteiger partial charge < -0.3 is 0 Å². The van der Waals surface area contributed by atoms with Gasteiger partial charge in [0.05, 0.1) is 0 Å². The molecule has 7 aliphatic rings. The molecule has 178 valence electrons. The van der Waals surface area contributed by atoms with Crippen molar-refractivity contribution in [2.75, 3.05) is 0 Å². The van der Waals surface area contributed by atoms with E-state index < -0.39 is 0 Å². The molecule has 33 heavy (non-hydrogen) atoms. The standard InChI is InChI=1S/C13H14O2.C8H10O2.C6H8.I2/c1-5-4-8(14)11-9-6-2-3-7(6)10(9)12(11)13(5)15;1-5-6(2)8(10)4-3-7(5)9;1-2-6-4-3-5(1)6;1-2/h4,6-7,9-12H,2-3H2,1H3;3-6H,1-2H3;1-2,5-6H,3-4H2;/t6-,7+,9+,10-,11-,12+;;5-,6+;/m0.../s1. The summed E-state index contributed by atoms with van der Waals surface area (Å²) < 4.78 is 0. The van der Waals surface area contributed by atoms with Gasteiger partial charge in [0.25, 0.3) is 0 Å². The van der Waals surface area contributed by atoms with Crippen LogP contribution in [0.4, 0.5) is 0 Å². The van der Waals surface area contributed by atoms with Gasteiger partial charge in [-0.2, -0.15) is 0 Å². The first-order valence-electron chi connectivity index (χ1n) is 12.1. The summed E-state index contributed by atoms with van der Waals surface area (Å²) >= 11 is 4.24. The van der Waals surface area contributed by atoms with Crippen molar-refractivity contribution in [2.45, 2.75) is 46.5 Å². The van der Waals surface area contributed by atoms with E-state index in [4.69, 9.17) is 0 Å². The molecule has 0 aromatic heterocycles. The first-order valence-corrected chi connectivity index (χ1v) is 18.4. The molecule has 7 rings (SSSR count). The number of ketones is 4. The predicted octanol–water partition coefficient (Wildman–Crippen LogP) is 5.92. The molecule has 6 heteroatoms. The predicted molar refractivity (Wildman–Crippen MR) is 145 cm³/mol. The van der Waals surface area contributed by atoms with Gasteiger partial charge in [0, 0.05) is 60.9 Å². The van der Waals surface area contributed by atoms with E-state index in [-0.39, 0.29) is 46.8 Å². The van der Waals surface area contributed by atoms with Crippen LogP contribution in [0.25, 0.3) is 0 Å². The fourth-order valence-corrected chi connectivity index (χ4v) is 6.76. The summed E-state index contributed by atoms with van der Waals surface area (Å²) in [6.07, 6.45) is 14.5. The molecule has 0 amide bonds. The molecule has 0 N–H and O–H groups in total. The van der Waals surface area contributed by atoms with Crippen LogP contribution in [0.5, 0.6) is 0 Å². The lowest BCUT2D eigenvalue weighted by Crippen LogP contribution is -2.72. The summed E-state index contributed by atoms with van der Waals surface area (Å²) in [6, 6.07) is 0. The third-order valence-corrected chi connectivity index (χ3v) is 9.46. The highest BCUT2D eigenvalue weighted by atomic mass is 128. The molecule has 0 radical (unpaired) electrons. The Bertz CT molecular complexity index is 914. The van der Waals surface area contributed by atoms with Crippen molar-refractivity contribution in [3.63, 3.8) is 0 Å². The molecule has 0 aromatic rings. The third kappa shape index (κ3) is 4.29. The van der Waals surface area contributed by atoms with Gasteiger partial charge in [-0.05, 0) is 91.9 Å². The Kier molecular flexibility index (Phi) is 7.83. The van der Waals surface area contributed by atoms with Crippen molar-refractivity contribution in [2.24, 2.45) is 59.2 Å². The Morgan fingerprint density at radius 2 is 1.15 bits per heavy atom. The van der Waals surface area contributed by atoms with Crippen molar-refractivity contribution in [3.8, 4) is 0 Å². The van der Waals surface area contributed by atoms with Crippen LogP contribution < -0.4 is 0 Å². The van der Waals surface area contributed by atoms with Crippen LogP contribution in [0.1, 0.15) is 46.5 Å². The molecular weight excluding hydrogens is 642 g/mol. The van der Waals surface area contributed by atoms with E-state index >= 15 is 0 Å². The van der Waals surface area contributed by atoms with Gasteiger partial charge in [-0.15, -0.1) is 0 Å². The summed E-state index contributed by atoms with van der Waals surface area (Å²) in [5.74, 6) is 5.42. The first-order chi connectivity index (χ1) is 15.8. The number of hydrogen-bond donors (Lipinski definition) is 0. The van der Waals surface area contributed by atoms with E-state index in [2.05, 4.69) is 49.4 Å². The van der Waals surface area contributed by atoms with E-state index in [9.17, 15) is 19.2 Å². The number of allylic oxidation sites excluding steroid dienone is 6. The minimum absolute atomic E-state index is 0.0621. The van der Waals surface area contributed by atoms with Crippen molar-refractivity contribution in [1.82, 2.24) is 0 Å². The van der Waals surface area contributed by atoms with E-state index in [1.807, 2.05) is 0 Å². The normalized spacial score (nSPS) is 44.2. The van der Waals surface area contributed by atoms with Crippen LogP contribution in [0.15, 0.2) is 36.0 Å². The van der Waals surface area contributed by atoms with Crippen molar-refractivity contribution in [1.29, 1.82) is 0 Å². The van der Waals surface area contributed by atoms with E-state index in [1.54, 1.807) is 26.8 Å². The molecule has 4 nitrogen and oxygen atoms in total. The third-order valence-electron chi connectivity index (χ3n) is 9.46. The highest BCUT2D eigenvalue weighted by Crippen LogP contribution is 2.72. The van der Waals surface area contributed by atoms with Gasteiger partial charge in [0.2, 0.25) is 0 Å². The topological polar surface area (TPSA) is 68.3 Å². The van der Waals surface area contributed by atoms with Crippen LogP contribution in [0.2, 0.25) is 0 Å². The Balaban J connectivity index is 0.000000124. The second kappa shape index (κ2) is 10.2. The molecular formula is C27H32I2O4. The lowest BCUT2D eigenvalue weighted by Gasteiger charge is -2.72. The average molecular weight is 674 g/mol. The summed E-state index contributed by atoms with van der Waals surface area (Å²) in [4.78, 5) is 45.6. The molecule has 0 bridgehead atoms. The maximum absolute atomic E-state index is 12.0. The van der Waals surface area contributed by atoms with Gasteiger partial charge in [0.1, 0.15) is 0 Å². The van der Waals surface area contributed by atoms with Crippen LogP contribution >= 0.6 is 37.2 Å². The SMILES string of the molecule is C1=C[C@H]2CC[C@@H]12.CC1=CC(=O)[C@@H]2[C@H](C1=O)[C@H]1[C@@H]3CC[C@@H]3[C@@H]21.CC1C(=O)C=CC(=O)C1C.II. The number of halogens is 2. The lowest BCUT2D eigenvalue weighted by molar-refractivity contribution is -0.237. The lowest BCUT2D eigenvalue weighted by atomic mass is 9.31. The van der Waals surface area contributed by atoms with E-state index in [0.29, 0.717) is 17.4 Å². The number of fused-ring (bicyclic) bond motifs is 8. The number of Topliss-reactive ketones (excluding diaryl/α,β-unsaturated/α-hetero) is 1. The molecule has 2 unspecified atom stereocenters. The fraction of sp³-hybridized carbons (Fsp3) is 0.630. The fourth-order valence-electron chi connectivity index (χ4n) is 6.76. The Hall–Kier alpha value is -0.640. The summed E-state index contributed by atoms with van der Waals surface area (Å²) in [5, 5.41) is 0. The Morgan fingerprint density at radius 3 is 1.52 bits per heavy atom. The smallest absolute Gasteiger partial charge is 0.162 e. The van der Waals surface area contributed by atoms with Crippen LogP contribution in [-0.2, 0) is 19.2 Å². The molecule has 0 saturated heterocycles. The molecule has 7 aliphatic carbocycles. The first kappa shape index (κ1) is 25.5. The molecule has 4 fully saturated rings. The van der Waals surface area contributed by atoms with E-state index in [0.717, 1.165) is 23.7 Å². The largest absolute Gasteiger partial charge is 0.295 e.